The molecule has 29 heavy (non-hydrogen) atoms. The minimum atomic E-state index is -4.46. The van der Waals surface area contributed by atoms with Gasteiger partial charge in [0.25, 0.3) is 0 Å². The van der Waals surface area contributed by atoms with Crippen molar-refractivity contribution in [2.24, 2.45) is 0 Å². The molecule has 0 fully saturated rings. The zero-order chi connectivity index (χ0) is 20.8. The van der Waals surface area contributed by atoms with Crippen LogP contribution in [-0.2, 0) is 19.1 Å². The van der Waals surface area contributed by atoms with Gasteiger partial charge in [-0.1, -0.05) is 24.3 Å². The molecule has 0 saturated carbocycles. The Balaban J connectivity index is 1.90. The molecule has 3 aromatic rings. The van der Waals surface area contributed by atoms with E-state index in [2.05, 4.69) is 4.98 Å². The van der Waals surface area contributed by atoms with Crippen LogP contribution in [0.15, 0.2) is 48.9 Å². The van der Waals surface area contributed by atoms with Crippen LogP contribution in [0.25, 0.3) is 16.8 Å². The topological polar surface area (TPSA) is 58.4 Å². The van der Waals surface area contributed by atoms with Crippen LogP contribution in [0.2, 0.25) is 0 Å². The van der Waals surface area contributed by atoms with Gasteiger partial charge in [0.15, 0.2) is 0 Å². The number of aryl methyl sites for hydroxylation is 1. The van der Waals surface area contributed by atoms with Gasteiger partial charge >= 0.3 is 12.3 Å². The molecule has 1 aliphatic heterocycles. The van der Waals surface area contributed by atoms with Crippen molar-refractivity contribution >= 4 is 6.09 Å². The highest BCUT2D eigenvalue weighted by atomic mass is 19.4. The number of fused-ring (bicyclic) bond motifs is 1. The van der Waals surface area contributed by atoms with E-state index in [0.29, 0.717) is 29.9 Å². The Kier molecular flexibility index (Phi) is 4.56. The van der Waals surface area contributed by atoms with Crippen molar-refractivity contribution in [2.75, 3.05) is 6.54 Å². The molecule has 1 N–H and O–H groups in total. The van der Waals surface area contributed by atoms with Crippen molar-refractivity contribution in [2.45, 2.75) is 26.1 Å². The first kappa shape index (κ1) is 19.0. The van der Waals surface area contributed by atoms with E-state index in [1.165, 1.54) is 17.3 Å². The van der Waals surface area contributed by atoms with E-state index in [0.717, 1.165) is 28.8 Å². The van der Waals surface area contributed by atoms with Crippen LogP contribution < -0.4 is 0 Å². The number of carbonyl (C=O) groups is 1. The Hall–Kier alpha value is -3.29. The van der Waals surface area contributed by atoms with Crippen LogP contribution in [0.5, 0.6) is 0 Å². The second kappa shape index (κ2) is 6.95. The maximum atomic E-state index is 13.4. The summed E-state index contributed by atoms with van der Waals surface area (Å²) in [5.41, 5.74) is 3.67. The lowest BCUT2D eigenvalue weighted by molar-refractivity contribution is -0.137. The average Bonchev–Trinajstić information content (AvgIpc) is 3.11. The highest BCUT2D eigenvalue weighted by molar-refractivity contribution is 5.78. The minimum absolute atomic E-state index is 0.262. The van der Waals surface area contributed by atoms with Crippen molar-refractivity contribution in [3.63, 3.8) is 0 Å². The van der Waals surface area contributed by atoms with E-state index in [4.69, 9.17) is 0 Å². The van der Waals surface area contributed by atoms with E-state index in [-0.39, 0.29) is 6.54 Å². The normalized spacial score (nSPS) is 14.0. The summed E-state index contributed by atoms with van der Waals surface area (Å²) in [7, 11) is 0. The second-order valence-corrected chi connectivity index (χ2v) is 7.03. The summed E-state index contributed by atoms with van der Waals surface area (Å²) in [6, 6.07) is 9.24. The number of alkyl halides is 3. The van der Waals surface area contributed by atoms with Gasteiger partial charge in [-0.15, -0.1) is 0 Å². The highest BCUT2D eigenvalue weighted by Gasteiger charge is 2.32. The Morgan fingerprint density at radius 2 is 1.97 bits per heavy atom. The van der Waals surface area contributed by atoms with E-state index in [9.17, 15) is 23.1 Å². The zero-order valence-corrected chi connectivity index (χ0v) is 15.6. The first-order valence-electron chi connectivity index (χ1n) is 9.05. The zero-order valence-electron chi connectivity index (χ0n) is 15.6. The van der Waals surface area contributed by atoms with Gasteiger partial charge in [0.1, 0.15) is 0 Å². The summed E-state index contributed by atoms with van der Waals surface area (Å²) < 4.78 is 41.7. The van der Waals surface area contributed by atoms with Gasteiger partial charge in [0.2, 0.25) is 0 Å². The lowest BCUT2D eigenvalue weighted by atomic mass is 9.89. The Bertz CT molecular complexity index is 1090. The lowest BCUT2D eigenvalue weighted by Gasteiger charge is -2.28. The standard InChI is InChI=1S/C21H18F3N3O2/c1-13-10-25-12-27(13)19-9-15(21(22,23)24)5-6-18(19)17-4-2-3-14-11-26(20(28)29)8-7-16(14)17/h2-6,9-10,12H,7-8,11H2,1H3,(H,28,29). The van der Waals surface area contributed by atoms with Crippen molar-refractivity contribution in [1.82, 2.24) is 14.5 Å². The molecular weight excluding hydrogens is 383 g/mol. The predicted molar refractivity (Wildman–Crippen MR) is 101 cm³/mol. The number of benzene rings is 2. The fourth-order valence-electron chi connectivity index (χ4n) is 3.77. The van der Waals surface area contributed by atoms with E-state index < -0.39 is 17.8 Å². The third-order valence-corrected chi connectivity index (χ3v) is 5.23. The molecule has 0 unspecified atom stereocenters. The fraction of sp³-hybridized carbons (Fsp3) is 0.238. The summed E-state index contributed by atoms with van der Waals surface area (Å²) in [6.07, 6.45) is -1.85. The number of carboxylic acid groups (broad SMARTS) is 1. The number of imidazole rings is 1. The van der Waals surface area contributed by atoms with Crippen LogP contribution in [0.3, 0.4) is 0 Å². The van der Waals surface area contributed by atoms with Crippen molar-refractivity contribution in [1.29, 1.82) is 0 Å². The quantitative estimate of drug-likeness (QED) is 0.664. The third-order valence-electron chi connectivity index (χ3n) is 5.23. The van der Waals surface area contributed by atoms with Gasteiger partial charge in [0, 0.05) is 30.5 Å². The van der Waals surface area contributed by atoms with Gasteiger partial charge in [0.05, 0.1) is 17.6 Å². The SMILES string of the molecule is Cc1cncn1-c1cc(C(F)(F)F)ccc1-c1cccc2c1CCN(C(=O)O)C2. The second-order valence-electron chi connectivity index (χ2n) is 7.03. The van der Waals surface area contributed by atoms with Crippen LogP contribution in [-0.4, -0.2) is 32.2 Å². The number of hydrogen-bond acceptors (Lipinski definition) is 2. The average molecular weight is 401 g/mol. The van der Waals surface area contributed by atoms with Crippen molar-refractivity contribution in [3.8, 4) is 16.8 Å². The van der Waals surface area contributed by atoms with Crippen LogP contribution in [0.4, 0.5) is 18.0 Å². The number of halogens is 3. The molecule has 0 saturated heterocycles. The molecule has 2 heterocycles. The molecule has 1 aliphatic rings. The molecule has 8 heteroatoms. The highest BCUT2D eigenvalue weighted by Crippen LogP contribution is 2.38. The van der Waals surface area contributed by atoms with Gasteiger partial charge in [-0.05, 0) is 42.2 Å². The predicted octanol–water partition coefficient (Wildman–Crippen LogP) is 4.90. The third kappa shape index (κ3) is 3.46. The first-order valence-corrected chi connectivity index (χ1v) is 9.05. The molecule has 150 valence electrons. The maximum Gasteiger partial charge on any atom is 0.416 e. The molecule has 1 amide bonds. The summed E-state index contributed by atoms with van der Waals surface area (Å²) in [5, 5.41) is 9.27. The Labute approximate surface area is 165 Å². The largest absolute Gasteiger partial charge is 0.465 e. The van der Waals surface area contributed by atoms with Gasteiger partial charge < -0.3 is 14.6 Å². The van der Waals surface area contributed by atoms with E-state index in [1.807, 2.05) is 18.2 Å². The van der Waals surface area contributed by atoms with Crippen LogP contribution in [0, 0.1) is 6.92 Å². The molecular formula is C21H18F3N3O2. The molecule has 0 atom stereocenters. The summed E-state index contributed by atoms with van der Waals surface area (Å²) in [6.45, 7) is 2.39. The lowest BCUT2D eigenvalue weighted by Crippen LogP contribution is -2.34. The number of aromatic nitrogens is 2. The monoisotopic (exact) mass is 401 g/mol. The molecule has 0 spiro atoms. The van der Waals surface area contributed by atoms with Crippen molar-refractivity contribution < 1.29 is 23.1 Å². The molecule has 0 aliphatic carbocycles. The summed E-state index contributed by atoms with van der Waals surface area (Å²) >= 11 is 0. The molecule has 1 aromatic heterocycles. The minimum Gasteiger partial charge on any atom is -0.465 e. The van der Waals surface area contributed by atoms with Gasteiger partial charge in [-0.2, -0.15) is 13.2 Å². The van der Waals surface area contributed by atoms with Gasteiger partial charge in [-0.3, -0.25) is 0 Å². The number of hydrogen-bond donors (Lipinski definition) is 1. The van der Waals surface area contributed by atoms with Crippen LogP contribution in [0.1, 0.15) is 22.4 Å². The van der Waals surface area contributed by atoms with Crippen LogP contribution >= 0.6 is 0 Å². The molecule has 2 aromatic carbocycles. The molecule has 0 radical (unpaired) electrons. The molecule has 4 rings (SSSR count). The Morgan fingerprint density at radius 3 is 2.62 bits per heavy atom. The van der Waals surface area contributed by atoms with E-state index >= 15 is 0 Å². The summed E-state index contributed by atoms with van der Waals surface area (Å²) in [4.78, 5) is 16.7. The van der Waals surface area contributed by atoms with Gasteiger partial charge in [-0.25, -0.2) is 9.78 Å². The smallest absolute Gasteiger partial charge is 0.416 e. The Morgan fingerprint density at radius 1 is 1.17 bits per heavy atom. The number of amides is 1. The van der Waals surface area contributed by atoms with E-state index in [1.54, 1.807) is 17.7 Å². The maximum absolute atomic E-state index is 13.4. The molecule has 0 bridgehead atoms. The first-order chi connectivity index (χ1) is 13.8. The number of rotatable bonds is 2. The van der Waals surface area contributed by atoms with Crippen molar-refractivity contribution in [3.05, 3.63) is 71.3 Å². The summed E-state index contributed by atoms with van der Waals surface area (Å²) in [5.74, 6) is 0. The molecule has 5 nitrogen and oxygen atoms in total. The number of nitrogens with zero attached hydrogens (tertiary/aromatic N) is 3. The fourth-order valence-corrected chi connectivity index (χ4v) is 3.77.